The van der Waals surface area contributed by atoms with Crippen LogP contribution in [-0.4, -0.2) is 29.5 Å². The molecule has 0 spiro atoms. The van der Waals surface area contributed by atoms with Crippen molar-refractivity contribution in [3.8, 4) is 0 Å². The molecule has 21 heavy (non-hydrogen) atoms. The number of nitrogens with one attached hydrogen (secondary N) is 1. The van der Waals surface area contributed by atoms with E-state index in [0.717, 1.165) is 29.3 Å². The first-order valence-electron chi connectivity index (χ1n) is 7.58. The van der Waals surface area contributed by atoms with Gasteiger partial charge in [0.1, 0.15) is 0 Å². The fraction of sp³-hybridized carbons (Fsp3) is 0.471. The normalized spacial score (nSPS) is 13.8. The number of fused-ring (bicyclic) bond motifs is 1. The lowest BCUT2D eigenvalue weighted by molar-refractivity contribution is 0.0887. The van der Waals surface area contributed by atoms with Crippen LogP contribution in [0.2, 0.25) is 0 Å². The minimum Gasteiger partial charge on any atom is -0.302 e. The van der Waals surface area contributed by atoms with Crippen molar-refractivity contribution in [1.29, 1.82) is 0 Å². The number of nitrogens with zero attached hydrogens (tertiary/aromatic N) is 2. The van der Waals surface area contributed by atoms with E-state index in [1.807, 2.05) is 12.3 Å². The highest BCUT2D eigenvalue weighted by Crippen LogP contribution is 2.37. The summed E-state index contributed by atoms with van der Waals surface area (Å²) >= 11 is 0. The monoisotopic (exact) mass is 286 g/mol. The predicted octanol–water partition coefficient (Wildman–Crippen LogP) is 2.86. The van der Waals surface area contributed by atoms with E-state index in [0.29, 0.717) is 0 Å². The second kappa shape index (κ2) is 6.52. The van der Waals surface area contributed by atoms with Gasteiger partial charge in [-0.2, -0.15) is 0 Å². The summed E-state index contributed by atoms with van der Waals surface area (Å²) in [5.74, 6) is 5.97. The first kappa shape index (κ1) is 15.9. The van der Waals surface area contributed by atoms with Gasteiger partial charge in [-0.25, -0.2) is 0 Å². The fourth-order valence-electron chi connectivity index (χ4n) is 3.44. The second-order valence-corrected chi connectivity index (χ2v) is 5.73. The number of benzene rings is 1. The van der Waals surface area contributed by atoms with Gasteiger partial charge in [0.15, 0.2) is 0 Å². The van der Waals surface area contributed by atoms with E-state index in [1.54, 1.807) is 0 Å². The van der Waals surface area contributed by atoms with E-state index in [2.05, 4.69) is 67.5 Å². The van der Waals surface area contributed by atoms with Crippen molar-refractivity contribution in [2.24, 2.45) is 5.84 Å². The van der Waals surface area contributed by atoms with Crippen LogP contribution >= 0.6 is 0 Å². The Hall–Kier alpha value is -1.49. The van der Waals surface area contributed by atoms with Crippen molar-refractivity contribution in [1.82, 2.24) is 15.3 Å². The smallest absolute Gasteiger partial charge is 0.0750 e. The summed E-state index contributed by atoms with van der Waals surface area (Å²) in [5, 5.41) is 1.15. The molecule has 0 saturated carbocycles. The highest BCUT2D eigenvalue weighted by atomic mass is 15.3. The molecule has 1 unspecified atom stereocenters. The Morgan fingerprint density at radius 2 is 1.86 bits per heavy atom. The summed E-state index contributed by atoms with van der Waals surface area (Å²) in [5.41, 5.74) is 5.20. The summed E-state index contributed by atoms with van der Waals surface area (Å²) in [4.78, 5) is 6.85. The van der Waals surface area contributed by atoms with E-state index >= 15 is 0 Å². The molecule has 0 aliphatic rings. The lowest BCUT2D eigenvalue weighted by Gasteiger charge is -2.45. The van der Waals surface area contributed by atoms with Gasteiger partial charge in [-0.15, -0.1) is 0 Å². The third kappa shape index (κ3) is 2.67. The number of hydrogen-bond acceptors (Lipinski definition) is 4. The zero-order valence-electron chi connectivity index (χ0n) is 13.4. The molecule has 0 aliphatic heterocycles. The zero-order valence-corrected chi connectivity index (χ0v) is 13.4. The highest BCUT2D eigenvalue weighted by Gasteiger charge is 2.39. The van der Waals surface area contributed by atoms with Crippen molar-refractivity contribution < 1.29 is 0 Å². The Balaban J connectivity index is 2.63. The van der Waals surface area contributed by atoms with Crippen LogP contribution in [0, 0.1) is 0 Å². The molecule has 0 radical (unpaired) electrons. The van der Waals surface area contributed by atoms with Crippen LogP contribution in [0.4, 0.5) is 0 Å². The Labute approximate surface area is 127 Å². The maximum absolute atomic E-state index is 5.97. The van der Waals surface area contributed by atoms with E-state index in [4.69, 9.17) is 5.84 Å². The van der Waals surface area contributed by atoms with Crippen molar-refractivity contribution in [3.63, 3.8) is 0 Å². The van der Waals surface area contributed by atoms with Gasteiger partial charge < -0.3 is 4.90 Å². The molecule has 0 fully saturated rings. The van der Waals surface area contributed by atoms with Crippen LogP contribution in [0.15, 0.2) is 36.5 Å². The van der Waals surface area contributed by atoms with Gasteiger partial charge in [-0.3, -0.25) is 16.3 Å². The summed E-state index contributed by atoms with van der Waals surface area (Å²) in [6.45, 7) is 4.43. The number of hydrogen-bond donors (Lipinski definition) is 2. The number of rotatable bonds is 6. The summed E-state index contributed by atoms with van der Waals surface area (Å²) in [6, 6.07) is 10.4. The van der Waals surface area contributed by atoms with Gasteiger partial charge in [0.25, 0.3) is 0 Å². The lowest BCUT2D eigenvalue weighted by Crippen LogP contribution is -2.54. The number of aromatic nitrogens is 1. The maximum atomic E-state index is 5.97. The minimum atomic E-state index is -0.0411. The van der Waals surface area contributed by atoms with Crippen LogP contribution in [0.3, 0.4) is 0 Å². The number of likely N-dealkylation sites (N-methyl/N-ethyl adjacent to an activating group) is 1. The predicted molar refractivity (Wildman–Crippen MR) is 88.8 cm³/mol. The molecular formula is C17H26N4. The van der Waals surface area contributed by atoms with E-state index < -0.39 is 0 Å². The third-order valence-corrected chi connectivity index (χ3v) is 4.79. The molecule has 0 bridgehead atoms. The van der Waals surface area contributed by atoms with E-state index in [9.17, 15) is 0 Å². The first-order chi connectivity index (χ1) is 10.1. The second-order valence-electron chi connectivity index (χ2n) is 5.73. The van der Waals surface area contributed by atoms with Crippen molar-refractivity contribution in [2.75, 3.05) is 14.1 Å². The largest absolute Gasteiger partial charge is 0.302 e. The van der Waals surface area contributed by atoms with Gasteiger partial charge in [0, 0.05) is 17.1 Å². The zero-order chi connectivity index (χ0) is 15.5. The molecule has 0 amide bonds. The maximum Gasteiger partial charge on any atom is 0.0750 e. The van der Waals surface area contributed by atoms with Crippen LogP contribution in [0.25, 0.3) is 10.9 Å². The van der Waals surface area contributed by atoms with Gasteiger partial charge in [0.05, 0.1) is 11.6 Å². The van der Waals surface area contributed by atoms with E-state index in [1.165, 1.54) is 0 Å². The molecule has 0 aliphatic carbocycles. The molecule has 1 aromatic carbocycles. The Kier molecular flexibility index (Phi) is 4.93. The Morgan fingerprint density at radius 1 is 1.19 bits per heavy atom. The minimum absolute atomic E-state index is 0.0288. The molecule has 1 heterocycles. The van der Waals surface area contributed by atoms with Gasteiger partial charge >= 0.3 is 0 Å². The Morgan fingerprint density at radius 3 is 2.43 bits per heavy atom. The third-order valence-electron chi connectivity index (χ3n) is 4.79. The summed E-state index contributed by atoms with van der Waals surface area (Å²) in [7, 11) is 4.24. The first-order valence-corrected chi connectivity index (χ1v) is 7.58. The Bertz CT molecular complexity index is 585. The van der Waals surface area contributed by atoms with Crippen molar-refractivity contribution in [3.05, 3.63) is 42.1 Å². The molecule has 1 aromatic heterocycles. The van der Waals surface area contributed by atoms with Gasteiger partial charge in [0.2, 0.25) is 0 Å². The van der Waals surface area contributed by atoms with Crippen LogP contribution in [0.1, 0.15) is 38.3 Å². The average Bonchev–Trinajstić information content (AvgIpc) is 2.52. The highest BCUT2D eigenvalue weighted by molar-refractivity contribution is 5.82. The summed E-state index contributed by atoms with van der Waals surface area (Å²) < 4.78 is 0. The number of nitrogens with two attached hydrogens (primary N) is 1. The van der Waals surface area contributed by atoms with Gasteiger partial charge in [-0.05, 0) is 38.6 Å². The van der Waals surface area contributed by atoms with Gasteiger partial charge in [-0.1, -0.05) is 38.1 Å². The average molecular weight is 286 g/mol. The number of para-hydroxylation sites is 1. The number of hydrazine groups is 1. The van der Waals surface area contributed by atoms with Crippen LogP contribution < -0.4 is 11.3 Å². The standard InChI is InChI=1S/C17H26N4/c1-5-17(6-2,21(3)4)16(20-18)14-11-7-9-13-10-8-12-19-15(13)14/h7-12,16,20H,5-6,18H2,1-4H3. The molecule has 2 rings (SSSR count). The lowest BCUT2D eigenvalue weighted by atomic mass is 9.79. The fourth-order valence-corrected chi connectivity index (χ4v) is 3.44. The topological polar surface area (TPSA) is 54.2 Å². The molecular weight excluding hydrogens is 260 g/mol. The van der Waals surface area contributed by atoms with Crippen LogP contribution in [-0.2, 0) is 0 Å². The molecule has 4 nitrogen and oxygen atoms in total. The molecule has 1 atom stereocenters. The molecule has 0 saturated heterocycles. The van der Waals surface area contributed by atoms with Crippen molar-refractivity contribution in [2.45, 2.75) is 38.3 Å². The van der Waals surface area contributed by atoms with E-state index in [-0.39, 0.29) is 11.6 Å². The molecule has 4 heteroatoms. The van der Waals surface area contributed by atoms with Crippen molar-refractivity contribution >= 4 is 10.9 Å². The quantitative estimate of drug-likeness (QED) is 0.633. The van der Waals surface area contributed by atoms with Crippen LogP contribution in [0.5, 0.6) is 0 Å². The summed E-state index contributed by atoms with van der Waals surface area (Å²) in [6.07, 6.45) is 3.86. The SMILES string of the molecule is CCC(CC)(C(NN)c1cccc2cccnc12)N(C)C. The number of pyridine rings is 1. The molecule has 2 aromatic rings. The molecule has 114 valence electrons. The molecule has 3 N–H and O–H groups in total.